The molecule has 0 aromatic heterocycles. The molecule has 0 bridgehead atoms. The second-order valence-electron chi connectivity index (χ2n) is 5.02. The third-order valence-corrected chi connectivity index (χ3v) is 3.69. The first-order chi connectivity index (χ1) is 10.6. The summed E-state index contributed by atoms with van der Waals surface area (Å²) in [5.74, 6) is 1.20. The Morgan fingerprint density at radius 1 is 1.27 bits per heavy atom. The van der Waals surface area contributed by atoms with Crippen molar-refractivity contribution in [3.05, 3.63) is 53.6 Å². The molecular formula is C17H16ClNO3. The second kappa shape index (κ2) is 6.28. The average Bonchev–Trinajstić information content (AvgIpc) is 2.53. The molecule has 0 unspecified atom stereocenters. The molecule has 1 amide bonds. The van der Waals surface area contributed by atoms with E-state index < -0.39 is 6.10 Å². The number of amides is 1. The number of benzene rings is 2. The molecule has 22 heavy (non-hydrogen) atoms. The van der Waals surface area contributed by atoms with Crippen LogP contribution in [0.4, 0.5) is 5.69 Å². The van der Waals surface area contributed by atoms with Crippen LogP contribution in [0, 0.1) is 0 Å². The molecule has 2 aromatic carbocycles. The fraction of sp³-hybridized carbons (Fsp3) is 0.235. The molecule has 0 fully saturated rings. The number of anilines is 1. The van der Waals surface area contributed by atoms with Crippen LogP contribution in [0.15, 0.2) is 48.5 Å². The fourth-order valence-corrected chi connectivity index (χ4v) is 2.59. The van der Waals surface area contributed by atoms with E-state index in [1.165, 1.54) is 0 Å². The number of carbonyl (C=O) groups is 1. The minimum atomic E-state index is -0.607. The van der Waals surface area contributed by atoms with Gasteiger partial charge in [0.25, 0.3) is 5.91 Å². The van der Waals surface area contributed by atoms with E-state index in [2.05, 4.69) is 0 Å². The molecule has 4 nitrogen and oxygen atoms in total. The SMILES string of the molecule is C[C@@H](Oc1cccc(Cl)c1)C(=O)N1CCOc2ccccc21. The molecule has 0 saturated heterocycles. The fourth-order valence-electron chi connectivity index (χ4n) is 2.41. The van der Waals surface area contributed by atoms with E-state index in [1.807, 2.05) is 24.3 Å². The van der Waals surface area contributed by atoms with E-state index in [-0.39, 0.29) is 5.91 Å². The van der Waals surface area contributed by atoms with E-state index in [9.17, 15) is 4.79 Å². The predicted molar refractivity (Wildman–Crippen MR) is 85.8 cm³/mol. The summed E-state index contributed by atoms with van der Waals surface area (Å²) in [4.78, 5) is 14.4. The van der Waals surface area contributed by atoms with Crippen LogP contribution in [0.5, 0.6) is 11.5 Å². The smallest absolute Gasteiger partial charge is 0.267 e. The maximum Gasteiger partial charge on any atom is 0.267 e. The number of nitrogens with zero attached hydrogens (tertiary/aromatic N) is 1. The van der Waals surface area contributed by atoms with Gasteiger partial charge in [-0.2, -0.15) is 0 Å². The van der Waals surface area contributed by atoms with Crippen molar-refractivity contribution >= 4 is 23.2 Å². The molecular weight excluding hydrogens is 302 g/mol. The van der Waals surface area contributed by atoms with Gasteiger partial charge < -0.3 is 14.4 Å². The van der Waals surface area contributed by atoms with Crippen molar-refractivity contribution < 1.29 is 14.3 Å². The van der Waals surface area contributed by atoms with Crippen molar-refractivity contribution in [2.24, 2.45) is 0 Å². The van der Waals surface area contributed by atoms with E-state index in [0.717, 1.165) is 11.4 Å². The molecule has 1 aliphatic rings. The summed E-state index contributed by atoms with van der Waals surface area (Å²) in [7, 11) is 0. The lowest BCUT2D eigenvalue weighted by molar-refractivity contribution is -0.124. The van der Waals surface area contributed by atoms with E-state index in [0.29, 0.717) is 23.9 Å². The van der Waals surface area contributed by atoms with Gasteiger partial charge in [-0.25, -0.2) is 0 Å². The largest absolute Gasteiger partial charge is 0.490 e. The van der Waals surface area contributed by atoms with E-state index in [4.69, 9.17) is 21.1 Å². The topological polar surface area (TPSA) is 38.8 Å². The zero-order valence-corrected chi connectivity index (χ0v) is 12.9. The van der Waals surface area contributed by atoms with Crippen LogP contribution in [0.25, 0.3) is 0 Å². The Bertz CT molecular complexity index is 689. The highest BCUT2D eigenvalue weighted by Gasteiger charge is 2.28. The Morgan fingerprint density at radius 3 is 2.91 bits per heavy atom. The van der Waals surface area contributed by atoms with Gasteiger partial charge in [-0.3, -0.25) is 4.79 Å². The molecule has 114 valence electrons. The summed E-state index contributed by atoms with van der Waals surface area (Å²) in [6.45, 7) is 2.73. The van der Waals surface area contributed by atoms with Crippen LogP contribution in [-0.2, 0) is 4.79 Å². The van der Waals surface area contributed by atoms with Crippen molar-refractivity contribution in [1.29, 1.82) is 0 Å². The number of fused-ring (bicyclic) bond motifs is 1. The monoisotopic (exact) mass is 317 g/mol. The van der Waals surface area contributed by atoms with Crippen LogP contribution < -0.4 is 14.4 Å². The molecule has 0 N–H and O–H groups in total. The van der Waals surface area contributed by atoms with Crippen molar-refractivity contribution in [1.82, 2.24) is 0 Å². The standard InChI is InChI=1S/C17H16ClNO3/c1-12(22-14-6-4-5-13(18)11-14)17(20)19-9-10-21-16-8-3-2-7-15(16)19/h2-8,11-12H,9-10H2,1H3/t12-/m1/s1. The van der Waals surface area contributed by atoms with Gasteiger partial charge >= 0.3 is 0 Å². The first-order valence-corrected chi connectivity index (χ1v) is 7.48. The van der Waals surface area contributed by atoms with Gasteiger partial charge in [0.1, 0.15) is 18.1 Å². The number of carbonyl (C=O) groups excluding carboxylic acids is 1. The molecule has 2 aromatic rings. The third kappa shape index (κ3) is 3.02. The van der Waals surface area contributed by atoms with Crippen LogP contribution in [0.1, 0.15) is 6.92 Å². The summed E-state index contributed by atoms with van der Waals surface area (Å²) in [5.41, 5.74) is 0.778. The highest BCUT2D eigenvalue weighted by molar-refractivity contribution is 6.30. The van der Waals surface area contributed by atoms with Gasteiger partial charge in [0.2, 0.25) is 0 Å². The van der Waals surface area contributed by atoms with Crippen LogP contribution in [0.3, 0.4) is 0 Å². The van der Waals surface area contributed by atoms with E-state index in [1.54, 1.807) is 36.1 Å². The number of hydrogen-bond donors (Lipinski definition) is 0. The highest BCUT2D eigenvalue weighted by atomic mass is 35.5. The van der Waals surface area contributed by atoms with Gasteiger partial charge in [-0.05, 0) is 37.3 Å². The maximum absolute atomic E-state index is 12.7. The zero-order valence-electron chi connectivity index (χ0n) is 12.2. The van der Waals surface area contributed by atoms with Crippen LogP contribution in [0.2, 0.25) is 5.02 Å². The lowest BCUT2D eigenvalue weighted by Crippen LogP contribution is -2.44. The molecule has 5 heteroatoms. The number of hydrogen-bond acceptors (Lipinski definition) is 3. The Labute approximate surface area is 134 Å². The number of para-hydroxylation sites is 2. The minimum Gasteiger partial charge on any atom is -0.490 e. The quantitative estimate of drug-likeness (QED) is 0.869. The summed E-state index contributed by atoms with van der Waals surface area (Å²) in [6, 6.07) is 14.5. The average molecular weight is 318 g/mol. The van der Waals surface area contributed by atoms with Crippen LogP contribution >= 0.6 is 11.6 Å². The van der Waals surface area contributed by atoms with Gasteiger partial charge in [-0.1, -0.05) is 29.8 Å². The number of rotatable bonds is 3. The summed E-state index contributed by atoms with van der Waals surface area (Å²) in [5, 5.41) is 0.578. The van der Waals surface area contributed by atoms with Gasteiger partial charge in [0, 0.05) is 5.02 Å². The van der Waals surface area contributed by atoms with Crippen molar-refractivity contribution in [3.63, 3.8) is 0 Å². The zero-order chi connectivity index (χ0) is 15.5. The molecule has 1 aliphatic heterocycles. The first kappa shape index (κ1) is 14.7. The summed E-state index contributed by atoms with van der Waals surface area (Å²) < 4.78 is 11.3. The van der Waals surface area contributed by atoms with Crippen molar-refractivity contribution in [3.8, 4) is 11.5 Å². The summed E-state index contributed by atoms with van der Waals surface area (Å²) >= 11 is 5.93. The Balaban J connectivity index is 1.77. The van der Waals surface area contributed by atoms with Crippen LogP contribution in [-0.4, -0.2) is 25.2 Å². The number of halogens is 1. The molecule has 0 radical (unpaired) electrons. The van der Waals surface area contributed by atoms with Crippen molar-refractivity contribution in [2.45, 2.75) is 13.0 Å². The Hall–Kier alpha value is -2.20. The van der Waals surface area contributed by atoms with Gasteiger partial charge in [0.15, 0.2) is 6.10 Å². The maximum atomic E-state index is 12.7. The Morgan fingerprint density at radius 2 is 2.09 bits per heavy atom. The predicted octanol–water partition coefficient (Wildman–Crippen LogP) is 3.53. The second-order valence-corrected chi connectivity index (χ2v) is 5.46. The lowest BCUT2D eigenvalue weighted by atomic mass is 10.2. The molecule has 0 spiro atoms. The van der Waals surface area contributed by atoms with Gasteiger partial charge in [-0.15, -0.1) is 0 Å². The van der Waals surface area contributed by atoms with Gasteiger partial charge in [0.05, 0.1) is 12.2 Å². The minimum absolute atomic E-state index is 0.101. The molecule has 0 aliphatic carbocycles. The molecule has 1 heterocycles. The first-order valence-electron chi connectivity index (χ1n) is 7.10. The van der Waals surface area contributed by atoms with Crippen molar-refractivity contribution in [2.75, 3.05) is 18.1 Å². The number of ether oxygens (including phenoxy) is 2. The Kier molecular flexibility index (Phi) is 4.20. The van der Waals surface area contributed by atoms with E-state index >= 15 is 0 Å². The molecule has 1 atom stereocenters. The normalized spacial score (nSPS) is 14.7. The highest BCUT2D eigenvalue weighted by Crippen LogP contribution is 2.31. The molecule has 0 saturated carbocycles. The molecule has 3 rings (SSSR count). The summed E-state index contributed by atoms with van der Waals surface area (Å²) in [6.07, 6.45) is -0.607. The third-order valence-electron chi connectivity index (χ3n) is 3.45. The lowest BCUT2D eigenvalue weighted by Gasteiger charge is -2.31.